The lowest BCUT2D eigenvalue weighted by molar-refractivity contribution is 0.0988. The Balaban J connectivity index is 1.43. The van der Waals surface area contributed by atoms with Crippen LogP contribution in [0.2, 0.25) is 0 Å². The first-order valence-corrected chi connectivity index (χ1v) is 10.0. The van der Waals surface area contributed by atoms with Crippen LogP contribution in [0.1, 0.15) is 46.8 Å². The highest BCUT2D eigenvalue weighted by Gasteiger charge is 2.28. The predicted octanol–water partition coefficient (Wildman–Crippen LogP) is 2.81. The number of aromatic nitrogens is 3. The quantitative estimate of drug-likeness (QED) is 0.694. The second-order valence-corrected chi connectivity index (χ2v) is 8.16. The van der Waals surface area contributed by atoms with Crippen molar-refractivity contribution in [2.75, 3.05) is 18.0 Å². The van der Waals surface area contributed by atoms with Gasteiger partial charge in [-0.15, -0.1) is 0 Å². The number of ketones is 1. The molecule has 3 heterocycles. The Morgan fingerprint density at radius 3 is 2.86 bits per heavy atom. The number of hydrogen-bond acceptors (Lipinski definition) is 5. The van der Waals surface area contributed by atoms with Crippen LogP contribution in [-0.2, 0) is 13.5 Å². The van der Waals surface area contributed by atoms with Gasteiger partial charge in [0.05, 0.1) is 5.52 Å². The van der Waals surface area contributed by atoms with Crippen LogP contribution in [0.15, 0.2) is 36.5 Å². The van der Waals surface area contributed by atoms with Gasteiger partial charge in [0.15, 0.2) is 5.78 Å². The van der Waals surface area contributed by atoms with Gasteiger partial charge in [0, 0.05) is 44.2 Å². The molecular weight excluding hydrogens is 350 g/mol. The number of carbonyl (C=O) groups is 1. The van der Waals surface area contributed by atoms with Gasteiger partial charge in [-0.25, -0.2) is 4.98 Å². The number of aryl methyl sites for hydroxylation is 1. The second kappa shape index (κ2) is 6.71. The molecule has 6 heteroatoms. The Kier molecular flexibility index (Phi) is 4.16. The van der Waals surface area contributed by atoms with Crippen LogP contribution < -0.4 is 10.6 Å². The number of pyridine rings is 1. The van der Waals surface area contributed by atoms with Crippen LogP contribution in [0.4, 0.5) is 5.82 Å². The van der Waals surface area contributed by atoms with Crippen molar-refractivity contribution < 1.29 is 4.79 Å². The normalized spacial score (nSPS) is 19.5. The number of Topliss-reactive ketones (excluding diaryl/α,β-unsaturated/α-hetero) is 1. The van der Waals surface area contributed by atoms with Crippen molar-refractivity contribution in [1.82, 2.24) is 14.8 Å². The van der Waals surface area contributed by atoms with Crippen LogP contribution in [-0.4, -0.2) is 39.7 Å². The largest absolute Gasteiger partial charge is 0.355 e. The molecule has 5 rings (SSSR count). The van der Waals surface area contributed by atoms with E-state index < -0.39 is 0 Å². The molecule has 2 N–H and O–H groups in total. The summed E-state index contributed by atoms with van der Waals surface area (Å²) in [5.41, 5.74) is 9.95. The molecule has 0 unspecified atom stereocenters. The van der Waals surface area contributed by atoms with Crippen LogP contribution >= 0.6 is 0 Å². The molecule has 2 fully saturated rings. The van der Waals surface area contributed by atoms with E-state index in [1.807, 2.05) is 36.1 Å². The van der Waals surface area contributed by atoms with Crippen LogP contribution in [0.3, 0.4) is 0 Å². The Morgan fingerprint density at radius 1 is 1.25 bits per heavy atom. The topological polar surface area (TPSA) is 77.0 Å². The number of benzene rings is 1. The maximum absolute atomic E-state index is 13.1. The highest BCUT2D eigenvalue weighted by atomic mass is 16.1. The fourth-order valence-corrected chi connectivity index (χ4v) is 4.20. The van der Waals surface area contributed by atoms with Gasteiger partial charge < -0.3 is 10.6 Å². The smallest absolute Gasteiger partial charge is 0.185 e. The first kappa shape index (κ1) is 17.4. The second-order valence-electron chi connectivity index (χ2n) is 8.16. The molecule has 0 radical (unpaired) electrons. The van der Waals surface area contributed by atoms with Crippen molar-refractivity contribution >= 4 is 22.5 Å². The minimum Gasteiger partial charge on any atom is -0.355 e. The van der Waals surface area contributed by atoms with E-state index in [2.05, 4.69) is 27.1 Å². The lowest BCUT2D eigenvalue weighted by atomic mass is 9.96. The number of nitrogens with two attached hydrogens (primary N) is 1. The van der Waals surface area contributed by atoms with E-state index in [-0.39, 0.29) is 11.8 Å². The Labute approximate surface area is 164 Å². The standard InChI is InChI=1S/C22H25N5O/c1-26-12-16-9-15(18(14-5-6-14)11-20(16)25-26)10-21(28)19-3-2-4-22(24-19)27-8-7-17(23)13-27/h2-4,9,11-12,14,17H,5-8,10,13,23H2,1H3/t17-/m0/s1. The van der Waals surface area contributed by atoms with Crippen molar-refractivity contribution in [3.8, 4) is 0 Å². The van der Waals surface area contributed by atoms with E-state index in [4.69, 9.17) is 5.73 Å². The maximum Gasteiger partial charge on any atom is 0.185 e. The Bertz CT molecular complexity index is 1050. The molecule has 6 nitrogen and oxygen atoms in total. The first-order valence-electron chi connectivity index (χ1n) is 10.0. The van der Waals surface area contributed by atoms with Crippen molar-refractivity contribution in [2.24, 2.45) is 12.8 Å². The minimum atomic E-state index is 0.0653. The fourth-order valence-electron chi connectivity index (χ4n) is 4.20. The number of hydrogen-bond donors (Lipinski definition) is 1. The molecule has 1 atom stereocenters. The third-order valence-corrected chi connectivity index (χ3v) is 5.82. The molecular formula is C22H25N5O. The SMILES string of the molecule is Cn1cc2cc(CC(=O)c3cccc(N4CC[C@H](N)C4)n3)c(C3CC3)cc2n1. The highest BCUT2D eigenvalue weighted by Crippen LogP contribution is 2.43. The Hall–Kier alpha value is -2.73. The van der Waals surface area contributed by atoms with E-state index in [1.165, 1.54) is 18.4 Å². The summed E-state index contributed by atoms with van der Waals surface area (Å²) in [4.78, 5) is 19.9. The molecule has 1 aliphatic carbocycles. The van der Waals surface area contributed by atoms with Crippen molar-refractivity contribution in [2.45, 2.75) is 37.6 Å². The fraction of sp³-hybridized carbons (Fsp3) is 0.409. The van der Waals surface area contributed by atoms with Crippen LogP contribution in [0.25, 0.3) is 10.9 Å². The molecule has 2 aliphatic rings. The van der Waals surface area contributed by atoms with E-state index in [9.17, 15) is 4.79 Å². The molecule has 1 saturated carbocycles. The summed E-state index contributed by atoms with van der Waals surface area (Å²) in [5, 5.41) is 5.61. The Morgan fingerprint density at radius 2 is 2.11 bits per heavy atom. The molecule has 3 aromatic rings. The summed E-state index contributed by atoms with van der Waals surface area (Å²) in [6.07, 6.45) is 5.75. The third kappa shape index (κ3) is 3.29. The molecule has 1 saturated heterocycles. The van der Waals surface area contributed by atoms with E-state index >= 15 is 0 Å². The molecule has 1 aromatic carbocycles. The molecule has 1 aliphatic heterocycles. The predicted molar refractivity (Wildman–Crippen MR) is 110 cm³/mol. The van der Waals surface area contributed by atoms with Crippen molar-refractivity contribution in [1.29, 1.82) is 0 Å². The van der Waals surface area contributed by atoms with Gasteiger partial charge in [-0.3, -0.25) is 9.48 Å². The monoisotopic (exact) mass is 375 g/mol. The van der Waals surface area contributed by atoms with Gasteiger partial charge in [0.2, 0.25) is 0 Å². The third-order valence-electron chi connectivity index (χ3n) is 5.82. The van der Waals surface area contributed by atoms with Gasteiger partial charge >= 0.3 is 0 Å². The summed E-state index contributed by atoms with van der Waals surface area (Å²) in [6, 6.07) is 10.2. The lowest BCUT2D eigenvalue weighted by Gasteiger charge is -2.17. The maximum atomic E-state index is 13.1. The summed E-state index contributed by atoms with van der Waals surface area (Å²) in [7, 11) is 1.93. The number of rotatable bonds is 5. The van der Waals surface area contributed by atoms with Crippen LogP contribution in [0, 0.1) is 0 Å². The first-order chi connectivity index (χ1) is 13.6. The zero-order valence-electron chi connectivity index (χ0n) is 16.1. The summed E-state index contributed by atoms with van der Waals surface area (Å²) < 4.78 is 1.83. The summed E-state index contributed by atoms with van der Waals surface area (Å²) in [5.74, 6) is 1.49. The van der Waals surface area contributed by atoms with E-state index in [1.54, 1.807) is 0 Å². The highest BCUT2D eigenvalue weighted by molar-refractivity contribution is 5.97. The number of anilines is 1. The number of carbonyl (C=O) groups excluding carboxylic acids is 1. The van der Waals surface area contributed by atoms with Crippen molar-refractivity contribution in [3.63, 3.8) is 0 Å². The van der Waals surface area contributed by atoms with E-state index in [0.29, 0.717) is 18.0 Å². The van der Waals surface area contributed by atoms with E-state index in [0.717, 1.165) is 41.8 Å². The van der Waals surface area contributed by atoms with Gasteiger partial charge in [-0.1, -0.05) is 6.07 Å². The minimum absolute atomic E-state index is 0.0653. The molecule has 0 bridgehead atoms. The molecule has 144 valence electrons. The van der Waals surface area contributed by atoms with Gasteiger partial charge in [0.1, 0.15) is 11.5 Å². The molecule has 28 heavy (non-hydrogen) atoms. The van der Waals surface area contributed by atoms with Gasteiger partial charge in [0.25, 0.3) is 0 Å². The molecule has 0 spiro atoms. The average molecular weight is 375 g/mol. The zero-order valence-corrected chi connectivity index (χ0v) is 16.1. The number of nitrogens with zero attached hydrogens (tertiary/aromatic N) is 4. The summed E-state index contributed by atoms with van der Waals surface area (Å²) in [6.45, 7) is 1.70. The van der Waals surface area contributed by atoms with Gasteiger partial charge in [-0.2, -0.15) is 5.10 Å². The van der Waals surface area contributed by atoms with Crippen molar-refractivity contribution in [3.05, 3.63) is 53.3 Å². The lowest BCUT2D eigenvalue weighted by Crippen LogP contribution is -2.27. The number of fused-ring (bicyclic) bond motifs is 1. The zero-order chi connectivity index (χ0) is 19.3. The molecule has 0 amide bonds. The molecule has 2 aromatic heterocycles. The average Bonchev–Trinajstić information content (AvgIpc) is 3.33. The van der Waals surface area contributed by atoms with Crippen LogP contribution in [0.5, 0.6) is 0 Å². The summed E-state index contributed by atoms with van der Waals surface area (Å²) >= 11 is 0. The van der Waals surface area contributed by atoms with Gasteiger partial charge in [-0.05, 0) is 60.6 Å².